The lowest BCUT2D eigenvalue weighted by Crippen LogP contribution is -2.41. The molecule has 5 heteroatoms. The van der Waals surface area contributed by atoms with E-state index in [-0.39, 0.29) is 11.8 Å². The first-order valence-electron chi connectivity index (χ1n) is 10.0. The number of hydrogen-bond acceptors (Lipinski definition) is 2. The van der Waals surface area contributed by atoms with Gasteiger partial charge in [0.1, 0.15) is 0 Å². The van der Waals surface area contributed by atoms with E-state index in [1.807, 2.05) is 18.2 Å². The van der Waals surface area contributed by atoms with Gasteiger partial charge in [-0.15, -0.1) is 0 Å². The van der Waals surface area contributed by atoms with Crippen molar-refractivity contribution in [1.82, 2.24) is 10.9 Å². The molecule has 1 saturated carbocycles. The van der Waals surface area contributed by atoms with Crippen molar-refractivity contribution in [2.75, 3.05) is 0 Å². The molecule has 0 heterocycles. The summed E-state index contributed by atoms with van der Waals surface area (Å²) in [7, 11) is 0. The van der Waals surface area contributed by atoms with Crippen molar-refractivity contribution in [3.8, 4) is 0 Å². The van der Waals surface area contributed by atoms with Gasteiger partial charge in [-0.05, 0) is 83.3 Å². The van der Waals surface area contributed by atoms with Crippen molar-refractivity contribution in [3.05, 3.63) is 69.7 Å². The van der Waals surface area contributed by atoms with Gasteiger partial charge in [0.25, 0.3) is 11.8 Å². The van der Waals surface area contributed by atoms with E-state index < -0.39 is 0 Å². The molecule has 4 nitrogen and oxygen atoms in total. The summed E-state index contributed by atoms with van der Waals surface area (Å²) in [5.74, 6) is 0.805. The van der Waals surface area contributed by atoms with Gasteiger partial charge < -0.3 is 0 Å². The monoisotopic (exact) mass is 442 g/mol. The Hall–Kier alpha value is -2.14. The SMILES string of the molecule is CCCC1CCC(c2ccc(C(=O)NNC(=O)c3ccccc3Br)cc2)CC1. The fourth-order valence-corrected chi connectivity index (χ4v) is 4.46. The Labute approximate surface area is 175 Å². The Morgan fingerprint density at radius 1 is 0.929 bits per heavy atom. The fourth-order valence-electron chi connectivity index (χ4n) is 4.00. The zero-order valence-corrected chi connectivity index (χ0v) is 17.8. The van der Waals surface area contributed by atoms with Crippen LogP contribution >= 0.6 is 15.9 Å². The number of hydrazine groups is 1. The van der Waals surface area contributed by atoms with E-state index >= 15 is 0 Å². The molecule has 0 atom stereocenters. The number of hydrogen-bond donors (Lipinski definition) is 2. The molecule has 1 aliphatic carbocycles. The molecule has 1 aliphatic rings. The normalized spacial score (nSPS) is 19.1. The molecule has 28 heavy (non-hydrogen) atoms. The third-order valence-corrected chi connectivity index (χ3v) is 6.29. The molecule has 2 amide bonds. The van der Waals surface area contributed by atoms with Crippen LogP contribution in [0.4, 0.5) is 0 Å². The first-order valence-corrected chi connectivity index (χ1v) is 10.8. The third-order valence-electron chi connectivity index (χ3n) is 5.60. The molecule has 0 spiro atoms. The molecule has 0 aliphatic heterocycles. The second kappa shape index (κ2) is 9.87. The summed E-state index contributed by atoms with van der Waals surface area (Å²) in [4.78, 5) is 24.5. The van der Waals surface area contributed by atoms with Gasteiger partial charge >= 0.3 is 0 Å². The average molecular weight is 443 g/mol. The molecule has 3 rings (SSSR count). The number of benzene rings is 2. The fraction of sp³-hybridized carbons (Fsp3) is 0.391. The second-order valence-electron chi connectivity index (χ2n) is 7.52. The minimum Gasteiger partial charge on any atom is -0.267 e. The standard InChI is InChI=1S/C23H27BrN2O2/c1-2-5-16-8-10-17(11-9-16)18-12-14-19(15-13-18)22(27)25-26-23(28)20-6-3-4-7-21(20)24/h3-4,6-7,12-17H,2,5,8-11H2,1H3,(H,25,27)(H,26,28). The minimum atomic E-state index is -0.360. The van der Waals surface area contributed by atoms with Crippen LogP contribution in [-0.2, 0) is 0 Å². The maximum absolute atomic E-state index is 12.3. The summed E-state index contributed by atoms with van der Waals surface area (Å²) in [6, 6.07) is 14.9. The highest BCUT2D eigenvalue weighted by atomic mass is 79.9. The van der Waals surface area contributed by atoms with Crippen LogP contribution in [0.15, 0.2) is 53.0 Å². The molecule has 2 N–H and O–H groups in total. The van der Waals surface area contributed by atoms with Gasteiger partial charge in [-0.2, -0.15) is 0 Å². The quantitative estimate of drug-likeness (QED) is 0.592. The van der Waals surface area contributed by atoms with E-state index in [2.05, 4.69) is 45.8 Å². The molecule has 1 fully saturated rings. The van der Waals surface area contributed by atoms with Gasteiger partial charge in [0, 0.05) is 10.0 Å². The van der Waals surface area contributed by atoms with Crippen LogP contribution in [0, 0.1) is 5.92 Å². The van der Waals surface area contributed by atoms with E-state index in [1.165, 1.54) is 44.1 Å². The zero-order chi connectivity index (χ0) is 19.9. The highest BCUT2D eigenvalue weighted by Gasteiger charge is 2.22. The molecule has 0 saturated heterocycles. The largest absolute Gasteiger partial charge is 0.270 e. The van der Waals surface area contributed by atoms with Crippen LogP contribution in [0.3, 0.4) is 0 Å². The van der Waals surface area contributed by atoms with Crippen LogP contribution in [-0.4, -0.2) is 11.8 Å². The van der Waals surface area contributed by atoms with E-state index in [0.717, 1.165) is 5.92 Å². The Balaban J connectivity index is 1.53. The topological polar surface area (TPSA) is 58.2 Å². The predicted molar refractivity (Wildman–Crippen MR) is 115 cm³/mol. The molecular formula is C23H27BrN2O2. The average Bonchev–Trinajstić information content (AvgIpc) is 2.73. The smallest absolute Gasteiger partial charge is 0.267 e. The Kier molecular flexibility index (Phi) is 7.26. The van der Waals surface area contributed by atoms with Gasteiger partial charge in [0.2, 0.25) is 0 Å². The number of carbonyl (C=O) groups excluding carboxylic acids is 2. The zero-order valence-electron chi connectivity index (χ0n) is 16.2. The number of carbonyl (C=O) groups is 2. The maximum atomic E-state index is 12.3. The van der Waals surface area contributed by atoms with Gasteiger partial charge in [-0.1, -0.05) is 44.0 Å². The number of halogens is 1. The number of nitrogens with one attached hydrogen (secondary N) is 2. The Morgan fingerprint density at radius 3 is 2.21 bits per heavy atom. The Morgan fingerprint density at radius 2 is 1.57 bits per heavy atom. The first kappa shape index (κ1) is 20.6. The van der Waals surface area contributed by atoms with Gasteiger partial charge in [-0.25, -0.2) is 0 Å². The van der Waals surface area contributed by atoms with E-state index in [1.54, 1.807) is 18.2 Å². The molecular weight excluding hydrogens is 416 g/mol. The number of rotatable bonds is 5. The summed E-state index contributed by atoms with van der Waals surface area (Å²) in [6.07, 6.45) is 7.70. The summed E-state index contributed by atoms with van der Waals surface area (Å²) in [5, 5.41) is 0. The molecule has 0 bridgehead atoms. The molecule has 2 aromatic carbocycles. The molecule has 148 valence electrons. The highest BCUT2D eigenvalue weighted by Crippen LogP contribution is 2.37. The van der Waals surface area contributed by atoms with E-state index in [4.69, 9.17) is 0 Å². The lowest BCUT2D eigenvalue weighted by molar-refractivity contribution is 0.0846. The van der Waals surface area contributed by atoms with Crippen molar-refractivity contribution in [2.24, 2.45) is 5.92 Å². The molecule has 2 aromatic rings. The lowest BCUT2D eigenvalue weighted by atomic mass is 9.77. The molecule has 0 aromatic heterocycles. The molecule has 0 radical (unpaired) electrons. The van der Waals surface area contributed by atoms with Crippen molar-refractivity contribution in [1.29, 1.82) is 0 Å². The molecule has 0 unspecified atom stereocenters. The van der Waals surface area contributed by atoms with Crippen LogP contribution in [0.25, 0.3) is 0 Å². The van der Waals surface area contributed by atoms with Gasteiger partial charge in [0.15, 0.2) is 0 Å². The second-order valence-corrected chi connectivity index (χ2v) is 8.37. The van der Waals surface area contributed by atoms with Crippen molar-refractivity contribution in [3.63, 3.8) is 0 Å². The van der Waals surface area contributed by atoms with Crippen molar-refractivity contribution < 1.29 is 9.59 Å². The first-order chi connectivity index (χ1) is 13.6. The van der Waals surface area contributed by atoms with E-state index in [9.17, 15) is 9.59 Å². The van der Waals surface area contributed by atoms with Crippen LogP contribution in [0.1, 0.15) is 77.6 Å². The van der Waals surface area contributed by atoms with Crippen LogP contribution in [0.5, 0.6) is 0 Å². The van der Waals surface area contributed by atoms with Crippen molar-refractivity contribution >= 4 is 27.7 Å². The summed E-state index contributed by atoms with van der Waals surface area (Å²) < 4.78 is 0.680. The maximum Gasteiger partial charge on any atom is 0.270 e. The number of amides is 2. The van der Waals surface area contributed by atoms with Crippen molar-refractivity contribution in [2.45, 2.75) is 51.4 Å². The van der Waals surface area contributed by atoms with Crippen LogP contribution in [0.2, 0.25) is 0 Å². The predicted octanol–water partition coefficient (Wildman–Crippen LogP) is 5.60. The van der Waals surface area contributed by atoms with Gasteiger partial charge in [-0.3, -0.25) is 20.4 Å². The summed E-state index contributed by atoms with van der Waals surface area (Å²) >= 11 is 3.33. The lowest BCUT2D eigenvalue weighted by Gasteiger charge is -2.28. The van der Waals surface area contributed by atoms with Crippen LogP contribution < -0.4 is 10.9 Å². The van der Waals surface area contributed by atoms with E-state index in [0.29, 0.717) is 21.5 Å². The summed E-state index contributed by atoms with van der Waals surface area (Å²) in [6.45, 7) is 2.26. The third kappa shape index (κ3) is 5.22. The Bertz CT molecular complexity index is 812. The van der Waals surface area contributed by atoms with Gasteiger partial charge in [0.05, 0.1) is 5.56 Å². The summed E-state index contributed by atoms with van der Waals surface area (Å²) in [5.41, 5.74) is 7.26. The minimum absolute atomic E-state index is 0.321. The highest BCUT2D eigenvalue weighted by molar-refractivity contribution is 9.10.